The van der Waals surface area contributed by atoms with E-state index in [9.17, 15) is 19.2 Å². The Balaban J connectivity index is 1.77. The number of methoxy groups -OCH3 is 2. The molecule has 9 heteroatoms. The van der Waals surface area contributed by atoms with Crippen molar-refractivity contribution in [1.82, 2.24) is 9.88 Å². The number of amides is 2. The van der Waals surface area contributed by atoms with Crippen molar-refractivity contribution in [1.29, 1.82) is 0 Å². The van der Waals surface area contributed by atoms with Gasteiger partial charge in [0.2, 0.25) is 0 Å². The Morgan fingerprint density at radius 2 is 1.58 bits per heavy atom. The van der Waals surface area contributed by atoms with Crippen LogP contribution in [0.15, 0.2) is 41.2 Å². The molecule has 4 rings (SSSR count). The minimum Gasteiger partial charge on any atom is -0.493 e. The molecular formula is C24H22N2O7. The second-order valence-electron chi connectivity index (χ2n) is 7.34. The highest BCUT2D eigenvalue weighted by Gasteiger charge is 2.35. The number of ether oxygens (including phenoxy) is 3. The lowest BCUT2D eigenvalue weighted by Gasteiger charge is -2.16. The summed E-state index contributed by atoms with van der Waals surface area (Å²) in [6, 6.07) is 9.62. The van der Waals surface area contributed by atoms with Crippen LogP contribution in [-0.2, 0) is 11.2 Å². The Hall–Kier alpha value is -4.14. The molecule has 170 valence electrons. The van der Waals surface area contributed by atoms with Crippen LogP contribution in [0.4, 0.5) is 0 Å². The number of carbonyl (C=O) groups is 3. The zero-order valence-electron chi connectivity index (χ0n) is 18.4. The smallest absolute Gasteiger partial charge is 0.355 e. The third kappa shape index (κ3) is 3.71. The number of hydrogen-bond acceptors (Lipinski definition) is 7. The van der Waals surface area contributed by atoms with Gasteiger partial charge in [0.25, 0.3) is 11.8 Å². The number of aromatic amines is 1. The van der Waals surface area contributed by atoms with Crippen LogP contribution >= 0.6 is 0 Å². The molecule has 2 amide bonds. The van der Waals surface area contributed by atoms with E-state index in [0.29, 0.717) is 28.1 Å². The van der Waals surface area contributed by atoms with Gasteiger partial charge in [-0.15, -0.1) is 0 Å². The van der Waals surface area contributed by atoms with E-state index in [1.165, 1.54) is 20.3 Å². The SMILES string of the molecule is CCOC(=O)c1[nH]c2cc(OC)c(OC)cc2c(=O)c1CCN1C(=O)c2ccccc2C1=O. The fourth-order valence-electron chi connectivity index (χ4n) is 3.94. The fraction of sp³-hybridized carbons (Fsp3) is 0.250. The Morgan fingerprint density at radius 3 is 2.15 bits per heavy atom. The molecule has 1 aliphatic heterocycles. The Labute approximate surface area is 188 Å². The average molecular weight is 450 g/mol. The first-order valence-electron chi connectivity index (χ1n) is 10.3. The van der Waals surface area contributed by atoms with Crippen LogP contribution in [-0.4, -0.2) is 55.0 Å². The van der Waals surface area contributed by atoms with Crippen molar-refractivity contribution in [2.75, 3.05) is 27.4 Å². The number of esters is 1. The molecule has 33 heavy (non-hydrogen) atoms. The molecule has 0 unspecified atom stereocenters. The topological polar surface area (TPSA) is 115 Å². The van der Waals surface area contributed by atoms with E-state index in [-0.39, 0.29) is 36.2 Å². The molecule has 1 aromatic heterocycles. The first-order valence-corrected chi connectivity index (χ1v) is 10.3. The number of nitrogens with one attached hydrogen (secondary N) is 1. The minimum atomic E-state index is -0.705. The third-order valence-electron chi connectivity index (χ3n) is 5.55. The van der Waals surface area contributed by atoms with Gasteiger partial charge in [0.1, 0.15) is 5.69 Å². The summed E-state index contributed by atoms with van der Waals surface area (Å²) in [6.07, 6.45) is -0.0285. The maximum Gasteiger partial charge on any atom is 0.355 e. The maximum absolute atomic E-state index is 13.4. The van der Waals surface area contributed by atoms with Crippen molar-refractivity contribution in [3.05, 3.63) is 69.0 Å². The van der Waals surface area contributed by atoms with Gasteiger partial charge >= 0.3 is 5.97 Å². The van der Waals surface area contributed by atoms with Gasteiger partial charge in [-0.25, -0.2) is 4.79 Å². The van der Waals surface area contributed by atoms with Crippen LogP contribution in [0.1, 0.15) is 43.7 Å². The number of pyridine rings is 1. The van der Waals surface area contributed by atoms with Crippen molar-refractivity contribution in [2.45, 2.75) is 13.3 Å². The summed E-state index contributed by atoms with van der Waals surface area (Å²) < 4.78 is 15.7. The largest absolute Gasteiger partial charge is 0.493 e. The van der Waals surface area contributed by atoms with Crippen molar-refractivity contribution >= 4 is 28.7 Å². The van der Waals surface area contributed by atoms with Crippen LogP contribution < -0.4 is 14.9 Å². The molecule has 9 nitrogen and oxygen atoms in total. The second-order valence-corrected chi connectivity index (χ2v) is 7.34. The van der Waals surface area contributed by atoms with Crippen molar-refractivity contribution < 1.29 is 28.6 Å². The number of rotatable bonds is 7. The number of nitrogens with zero attached hydrogens (tertiary/aromatic N) is 1. The highest BCUT2D eigenvalue weighted by Crippen LogP contribution is 2.31. The van der Waals surface area contributed by atoms with E-state index in [1.54, 1.807) is 37.3 Å². The molecular weight excluding hydrogens is 428 g/mol. The third-order valence-corrected chi connectivity index (χ3v) is 5.55. The van der Waals surface area contributed by atoms with Gasteiger partial charge < -0.3 is 19.2 Å². The molecule has 0 saturated heterocycles. The second kappa shape index (κ2) is 8.78. The van der Waals surface area contributed by atoms with Crippen molar-refractivity contribution in [3.8, 4) is 11.5 Å². The molecule has 0 aliphatic carbocycles. The summed E-state index contributed by atoms with van der Waals surface area (Å²) in [5.41, 5.74) is 0.659. The van der Waals surface area contributed by atoms with Gasteiger partial charge in [0, 0.05) is 23.6 Å². The summed E-state index contributed by atoms with van der Waals surface area (Å²) in [4.78, 5) is 55.5. The first-order chi connectivity index (χ1) is 15.9. The lowest BCUT2D eigenvalue weighted by Crippen LogP contribution is -2.33. The first kappa shape index (κ1) is 22.1. The van der Waals surface area contributed by atoms with Gasteiger partial charge in [-0.05, 0) is 31.5 Å². The lowest BCUT2D eigenvalue weighted by molar-refractivity contribution is 0.0518. The summed E-state index contributed by atoms with van der Waals surface area (Å²) in [5, 5.41) is 0.276. The highest BCUT2D eigenvalue weighted by molar-refractivity contribution is 6.21. The number of carbonyl (C=O) groups excluding carboxylic acids is 3. The molecule has 0 atom stereocenters. The molecule has 0 radical (unpaired) electrons. The molecule has 2 aromatic carbocycles. The molecule has 0 bridgehead atoms. The molecule has 1 N–H and O–H groups in total. The van der Waals surface area contributed by atoms with Crippen LogP contribution in [0.5, 0.6) is 11.5 Å². The van der Waals surface area contributed by atoms with E-state index >= 15 is 0 Å². The van der Waals surface area contributed by atoms with Gasteiger partial charge in [-0.3, -0.25) is 19.3 Å². The van der Waals surface area contributed by atoms with Gasteiger partial charge in [0.15, 0.2) is 16.9 Å². The summed E-state index contributed by atoms with van der Waals surface area (Å²) in [6.45, 7) is 1.70. The van der Waals surface area contributed by atoms with Gasteiger partial charge in [0.05, 0.1) is 37.5 Å². The lowest BCUT2D eigenvalue weighted by atomic mass is 10.0. The average Bonchev–Trinajstić information content (AvgIpc) is 3.07. The summed E-state index contributed by atoms with van der Waals surface area (Å²) in [7, 11) is 2.92. The Bertz CT molecular complexity index is 1310. The highest BCUT2D eigenvalue weighted by atomic mass is 16.5. The molecule has 1 aliphatic rings. The van der Waals surface area contributed by atoms with E-state index in [2.05, 4.69) is 4.98 Å². The van der Waals surface area contributed by atoms with E-state index in [1.807, 2.05) is 0 Å². The van der Waals surface area contributed by atoms with Crippen LogP contribution in [0.2, 0.25) is 0 Å². The quantitative estimate of drug-likeness (QED) is 0.435. The monoisotopic (exact) mass is 450 g/mol. The van der Waals surface area contributed by atoms with Crippen LogP contribution in [0, 0.1) is 0 Å². The summed E-state index contributed by atoms with van der Waals surface area (Å²) >= 11 is 0. The minimum absolute atomic E-state index is 0.0285. The molecule has 0 saturated carbocycles. The Kier molecular flexibility index (Phi) is 5.87. The molecule has 3 aromatic rings. The van der Waals surface area contributed by atoms with E-state index < -0.39 is 23.2 Å². The van der Waals surface area contributed by atoms with Crippen molar-refractivity contribution in [2.24, 2.45) is 0 Å². The van der Waals surface area contributed by atoms with Gasteiger partial charge in [-0.1, -0.05) is 12.1 Å². The number of H-pyrrole nitrogens is 1. The van der Waals surface area contributed by atoms with Gasteiger partial charge in [-0.2, -0.15) is 0 Å². The Morgan fingerprint density at radius 1 is 0.970 bits per heavy atom. The van der Waals surface area contributed by atoms with Crippen molar-refractivity contribution in [3.63, 3.8) is 0 Å². The zero-order valence-corrected chi connectivity index (χ0v) is 18.4. The number of aromatic nitrogens is 1. The number of hydrogen-bond donors (Lipinski definition) is 1. The summed E-state index contributed by atoms with van der Waals surface area (Å²) in [5.74, 6) is -0.836. The molecule has 0 spiro atoms. The standard InChI is InChI=1S/C24H22N2O7/c1-4-33-24(30)20-15(9-10-26-22(28)13-7-5-6-8-14(13)23(26)29)21(27)16-11-18(31-2)19(32-3)12-17(16)25-20/h5-8,11-12H,4,9-10H2,1-3H3,(H,25,27). The van der Waals surface area contributed by atoms with Crippen LogP contribution in [0.3, 0.4) is 0 Å². The number of fused-ring (bicyclic) bond motifs is 2. The predicted molar refractivity (Wildman–Crippen MR) is 119 cm³/mol. The zero-order chi connectivity index (χ0) is 23.7. The van der Waals surface area contributed by atoms with E-state index in [0.717, 1.165) is 4.90 Å². The van der Waals surface area contributed by atoms with E-state index in [4.69, 9.17) is 14.2 Å². The predicted octanol–water partition coefficient (Wildman–Crippen LogP) is 2.56. The molecule has 2 heterocycles. The number of imide groups is 1. The van der Waals surface area contributed by atoms with Crippen LogP contribution in [0.25, 0.3) is 10.9 Å². The number of benzene rings is 2. The molecule has 0 fully saturated rings. The maximum atomic E-state index is 13.4. The fourth-order valence-corrected chi connectivity index (χ4v) is 3.94. The normalized spacial score (nSPS) is 12.8.